The molecular weight excluding hydrogens is 443 g/mol. The molecule has 3 N–H and O–H groups in total. The zero-order valence-electron chi connectivity index (χ0n) is 12.3. The largest absolute Gasteiger partial charge is 0.506 e. The summed E-state index contributed by atoms with van der Waals surface area (Å²) in [5, 5.41) is 15.2. The van der Waals surface area contributed by atoms with E-state index in [2.05, 4.69) is 33.2 Å². The third-order valence-corrected chi connectivity index (χ3v) is 4.54. The van der Waals surface area contributed by atoms with Gasteiger partial charge in [0.2, 0.25) is 0 Å². The molecule has 7 heteroatoms. The van der Waals surface area contributed by atoms with Crippen LogP contribution in [0, 0.1) is 3.57 Å². The number of aromatic hydroxyl groups is 1. The Balaban J connectivity index is 1.85. The molecule has 0 radical (unpaired) electrons. The van der Waals surface area contributed by atoms with Gasteiger partial charge in [0.05, 0.1) is 10.6 Å². The molecule has 1 heterocycles. The summed E-state index contributed by atoms with van der Waals surface area (Å²) < 4.78 is 0.933. The molecule has 2 aromatic rings. The number of rotatable bonds is 3. The molecule has 2 amide bonds. The maximum absolute atomic E-state index is 12.1. The SMILES string of the molecule is O=C1NC(=O)c2ccc(I)cc2/C1=C/NCc1ccc(Cl)c(O)c1. The molecule has 0 aromatic heterocycles. The minimum atomic E-state index is -0.444. The van der Waals surface area contributed by atoms with E-state index in [-0.39, 0.29) is 10.8 Å². The summed E-state index contributed by atoms with van der Waals surface area (Å²) in [6.45, 7) is 0.398. The zero-order chi connectivity index (χ0) is 17.3. The molecule has 0 fully saturated rings. The quantitative estimate of drug-likeness (QED) is 0.378. The number of imide groups is 1. The maximum atomic E-state index is 12.1. The number of phenols is 1. The summed E-state index contributed by atoms with van der Waals surface area (Å²) >= 11 is 7.91. The minimum Gasteiger partial charge on any atom is -0.506 e. The number of fused-ring (bicyclic) bond motifs is 1. The first-order valence-corrected chi connectivity index (χ1v) is 8.48. The summed E-state index contributed by atoms with van der Waals surface area (Å²) in [5.74, 6) is -0.836. The second kappa shape index (κ2) is 6.82. The summed E-state index contributed by atoms with van der Waals surface area (Å²) in [6, 6.07) is 10.2. The van der Waals surface area contributed by atoms with E-state index in [4.69, 9.17) is 11.6 Å². The van der Waals surface area contributed by atoms with Gasteiger partial charge in [-0.1, -0.05) is 17.7 Å². The normalized spacial score (nSPS) is 15.2. The van der Waals surface area contributed by atoms with Crippen LogP contribution in [0.2, 0.25) is 5.02 Å². The minimum absolute atomic E-state index is 0.00419. The highest BCUT2D eigenvalue weighted by atomic mass is 127. The third kappa shape index (κ3) is 3.39. The van der Waals surface area contributed by atoms with Gasteiger partial charge in [-0.25, -0.2) is 0 Å². The van der Waals surface area contributed by atoms with E-state index in [1.807, 2.05) is 6.07 Å². The van der Waals surface area contributed by atoms with Crippen LogP contribution >= 0.6 is 34.2 Å². The molecule has 0 spiro atoms. The Morgan fingerprint density at radius 3 is 2.67 bits per heavy atom. The molecule has 24 heavy (non-hydrogen) atoms. The van der Waals surface area contributed by atoms with Crippen LogP contribution in [0.1, 0.15) is 21.5 Å². The first-order valence-electron chi connectivity index (χ1n) is 7.02. The molecule has 0 saturated heterocycles. The van der Waals surface area contributed by atoms with E-state index in [9.17, 15) is 14.7 Å². The van der Waals surface area contributed by atoms with Gasteiger partial charge in [0, 0.05) is 27.4 Å². The van der Waals surface area contributed by atoms with Crippen molar-refractivity contribution in [1.29, 1.82) is 0 Å². The molecule has 122 valence electrons. The molecule has 1 aliphatic heterocycles. The summed E-state index contributed by atoms with van der Waals surface area (Å²) in [6.07, 6.45) is 1.57. The number of benzene rings is 2. The smallest absolute Gasteiger partial charge is 0.260 e. The lowest BCUT2D eigenvalue weighted by Crippen LogP contribution is -2.37. The fourth-order valence-corrected chi connectivity index (χ4v) is 2.99. The molecular formula is C17H12ClIN2O3. The molecule has 2 aromatic carbocycles. The molecule has 5 nitrogen and oxygen atoms in total. The molecule has 0 unspecified atom stereocenters. The second-order valence-corrected chi connectivity index (χ2v) is 6.85. The van der Waals surface area contributed by atoms with E-state index in [1.54, 1.807) is 36.5 Å². The van der Waals surface area contributed by atoms with E-state index in [1.165, 1.54) is 0 Å². The topological polar surface area (TPSA) is 78.4 Å². The Hall–Kier alpha value is -2.06. The van der Waals surface area contributed by atoms with Crippen LogP contribution in [0.4, 0.5) is 0 Å². The van der Waals surface area contributed by atoms with Crippen molar-refractivity contribution in [2.24, 2.45) is 0 Å². The van der Waals surface area contributed by atoms with Gasteiger partial charge in [-0.3, -0.25) is 14.9 Å². The van der Waals surface area contributed by atoms with Crippen LogP contribution in [0.25, 0.3) is 5.57 Å². The standard InChI is InChI=1S/C17H12ClIN2O3/c18-14-4-1-9(5-15(14)22)7-20-8-13-12-6-10(19)2-3-11(12)16(23)21-17(13)24/h1-6,8,20,22H,7H2,(H,21,23,24)/b13-8-. The molecule has 0 bridgehead atoms. The summed E-state index contributed by atoms with van der Waals surface area (Å²) in [7, 11) is 0. The lowest BCUT2D eigenvalue weighted by atomic mass is 9.95. The highest BCUT2D eigenvalue weighted by Crippen LogP contribution is 2.26. The molecule has 0 atom stereocenters. The predicted octanol–water partition coefficient (Wildman–Crippen LogP) is 3.05. The van der Waals surface area contributed by atoms with E-state index in [0.29, 0.717) is 23.2 Å². The Morgan fingerprint density at radius 1 is 1.12 bits per heavy atom. The van der Waals surface area contributed by atoms with E-state index < -0.39 is 11.8 Å². The fourth-order valence-electron chi connectivity index (χ4n) is 2.38. The molecule has 0 aliphatic carbocycles. The van der Waals surface area contributed by atoms with Crippen molar-refractivity contribution in [2.75, 3.05) is 0 Å². The first kappa shape index (κ1) is 16.8. The molecule has 1 aliphatic rings. The average molecular weight is 455 g/mol. The number of carbonyl (C=O) groups is 2. The summed E-state index contributed by atoms with van der Waals surface area (Å²) in [5.41, 5.74) is 2.26. The second-order valence-electron chi connectivity index (χ2n) is 5.20. The Kier molecular flexibility index (Phi) is 4.77. The van der Waals surface area contributed by atoms with Gasteiger partial charge in [-0.2, -0.15) is 0 Å². The van der Waals surface area contributed by atoms with Crippen molar-refractivity contribution in [3.63, 3.8) is 0 Å². The highest BCUT2D eigenvalue weighted by molar-refractivity contribution is 14.1. The monoisotopic (exact) mass is 454 g/mol. The van der Waals surface area contributed by atoms with Crippen molar-refractivity contribution >= 4 is 51.6 Å². The number of nitrogens with one attached hydrogen (secondary N) is 2. The number of amides is 2. The molecule has 3 rings (SSSR count). The van der Waals surface area contributed by atoms with Gasteiger partial charge >= 0.3 is 0 Å². The first-order chi connectivity index (χ1) is 11.5. The van der Waals surface area contributed by atoms with Crippen LogP contribution in [-0.4, -0.2) is 16.9 Å². The van der Waals surface area contributed by atoms with Crippen LogP contribution < -0.4 is 10.6 Å². The number of halogens is 2. The zero-order valence-corrected chi connectivity index (χ0v) is 15.2. The van der Waals surface area contributed by atoms with Gasteiger partial charge < -0.3 is 10.4 Å². The van der Waals surface area contributed by atoms with Crippen molar-refractivity contribution in [3.8, 4) is 5.75 Å². The van der Waals surface area contributed by atoms with Crippen LogP contribution in [0.5, 0.6) is 5.75 Å². The Morgan fingerprint density at radius 2 is 1.92 bits per heavy atom. The van der Waals surface area contributed by atoms with Gasteiger partial charge in [-0.05, 0) is 58.5 Å². The summed E-state index contributed by atoms with van der Waals surface area (Å²) in [4.78, 5) is 24.0. The Bertz CT molecular complexity index is 880. The average Bonchev–Trinajstić information content (AvgIpc) is 2.53. The lowest BCUT2D eigenvalue weighted by molar-refractivity contribution is -0.114. The third-order valence-electron chi connectivity index (χ3n) is 3.55. The van der Waals surface area contributed by atoms with Crippen LogP contribution in [0.3, 0.4) is 0 Å². The van der Waals surface area contributed by atoms with Crippen molar-refractivity contribution < 1.29 is 14.7 Å². The van der Waals surface area contributed by atoms with Crippen molar-refractivity contribution in [3.05, 3.63) is 67.9 Å². The maximum Gasteiger partial charge on any atom is 0.260 e. The number of carbonyl (C=O) groups excluding carboxylic acids is 2. The van der Waals surface area contributed by atoms with Crippen molar-refractivity contribution in [1.82, 2.24) is 10.6 Å². The molecule has 0 saturated carbocycles. The highest BCUT2D eigenvalue weighted by Gasteiger charge is 2.27. The van der Waals surface area contributed by atoms with Gasteiger partial charge in [-0.15, -0.1) is 0 Å². The number of phenolic OH excluding ortho intramolecular Hbond substituents is 1. The van der Waals surface area contributed by atoms with Crippen LogP contribution in [-0.2, 0) is 11.3 Å². The van der Waals surface area contributed by atoms with E-state index >= 15 is 0 Å². The van der Waals surface area contributed by atoms with Crippen LogP contribution in [0.15, 0.2) is 42.6 Å². The predicted molar refractivity (Wildman–Crippen MR) is 99.6 cm³/mol. The number of hydrogen-bond donors (Lipinski definition) is 3. The van der Waals surface area contributed by atoms with Gasteiger partial charge in [0.15, 0.2) is 0 Å². The lowest BCUT2D eigenvalue weighted by Gasteiger charge is -2.18. The van der Waals surface area contributed by atoms with Gasteiger partial charge in [0.25, 0.3) is 11.8 Å². The van der Waals surface area contributed by atoms with Crippen molar-refractivity contribution in [2.45, 2.75) is 6.54 Å². The number of hydrogen-bond acceptors (Lipinski definition) is 4. The Labute approximate surface area is 156 Å². The van der Waals surface area contributed by atoms with Gasteiger partial charge in [0.1, 0.15) is 5.75 Å². The fraction of sp³-hybridized carbons (Fsp3) is 0.0588. The van der Waals surface area contributed by atoms with E-state index in [0.717, 1.165) is 9.13 Å².